The number of carbonyl (C=O) groups excluding carboxylic acids is 1. The molecular formula is C11H15BrN2OS. The van der Waals surface area contributed by atoms with Gasteiger partial charge in [-0.25, -0.2) is 0 Å². The van der Waals surface area contributed by atoms with Gasteiger partial charge in [-0.15, -0.1) is 11.3 Å². The maximum atomic E-state index is 11.6. The molecule has 1 saturated heterocycles. The summed E-state index contributed by atoms with van der Waals surface area (Å²) in [7, 11) is 0. The van der Waals surface area contributed by atoms with Crippen LogP contribution in [0.5, 0.6) is 0 Å². The van der Waals surface area contributed by atoms with E-state index in [1.54, 1.807) is 11.3 Å². The fourth-order valence-corrected chi connectivity index (χ4v) is 3.43. The van der Waals surface area contributed by atoms with E-state index in [4.69, 9.17) is 5.73 Å². The lowest BCUT2D eigenvalue weighted by Gasteiger charge is -2.15. The molecule has 1 aliphatic heterocycles. The standard InChI is InChI=1S/C11H15BrN2OS/c12-10-2-1-9(16-10)3-4-14-7-8(6-13)5-11(14)15/h1-2,8H,3-7,13H2. The molecule has 0 radical (unpaired) electrons. The lowest BCUT2D eigenvalue weighted by Crippen LogP contribution is -2.28. The van der Waals surface area contributed by atoms with Crippen molar-refractivity contribution in [2.75, 3.05) is 19.6 Å². The summed E-state index contributed by atoms with van der Waals surface area (Å²) in [5.74, 6) is 0.619. The van der Waals surface area contributed by atoms with Gasteiger partial charge in [0.05, 0.1) is 3.79 Å². The molecule has 3 nitrogen and oxygen atoms in total. The molecule has 0 saturated carbocycles. The number of hydrogen-bond acceptors (Lipinski definition) is 3. The molecule has 0 spiro atoms. The maximum absolute atomic E-state index is 11.6. The molecule has 0 aromatic carbocycles. The molecule has 1 amide bonds. The molecule has 88 valence electrons. The van der Waals surface area contributed by atoms with Crippen molar-refractivity contribution >= 4 is 33.2 Å². The van der Waals surface area contributed by atoms with Crippen molar-refractivity contribution in [3.63, 3.8) is 0 Å². The number of thiophene rings is 1. The Hall–Kier alpha value is -0.390. The van der Waals surface area contributed by atoms with E-state index in [2.05, 4.69) is 28.1 Å². The predicted octanol–water partition coefficient (Wildman–Crippen LogP) is 1.86. The van der Waals surface area contributed by atoms with Crippen LogP contribution < -0.4 is 5.73 Å². The lowest BCUT2D eigenvalue weighted by molar-refractivity contribution is -0.127. The summed E-state index contributed by atoms with van der Waals surface area (Å²) >= 11 is 5.17. The summed E-state index contributed by atoms with van der Waals surface area (Å²) in [6.45, 7) is 2.27. The molecule has 2 N–H and O–H groups in total. The van der Waals surface area contributed by atoms with Crippen LogP contribution in [0.4, 0.5) is 0 Å². The van der Waals surface area contributed by atoms with Crippen LogP contribution in [-0.4, -0.2) is 30.4 Å². The number of nitrogens with two attached hydrogens (primary N) is 1. The Morgan fingerprint density at radius 3 is 2.94 bits per heavy atom. The Morgan fingerprint density at radius 1 is 1.56 bits per heavy atom. The van der Waals surface area contributed by atoms with Gasteiger partial charge in [0.15, 0.2) is 0 Å². The zero-order valence-electron chi connectivity index (χ0n) is 8.99. The minimum absolute atomic E-state index is 0.256. The average molecular weight is 303 g/mol. The fourth-order valence-electron chi connectivity index (χ4n) is 1.96. The second-order valence-electron chi connectivity index (χ2n) is 4.10. The van der Waals surface area contributed by atoms with Gasteiger partial charge in [0.25, 0.3) is 0 Å². The van der Waals surface area contributed by atoms with Gasteiger partial charge in [-0.2, -0.15) is 0 Å². The molecule has 1 aromatic heterocycles. The summed E-state index contributed by atoms with van der Waals surface area (Å²) in [4.78, 5) is 14.9. The van der Waals surface area contributed by atoms with Gasteiger partial charge in [-0.3, -0.25) is 4.79 Å². The van der Waals surface area contributed by atoms with Crippen molar-refractivity contribution in [3.8, 4) is 0 Å². The lowest BCUT2D eigenvalue weighted by atomic mass is 10.1. The van der Waals surface area contributed by atoms with Crippen molar-refractivity contribution in [1.29, 1.82) is 0 Å². The second kappa shape index (κ2) is 5.29. The van der Waals surface area contributed by atoms with Crippen LogP contribution in [0.15, 0.2) is 15.9 Å². The van der Waals surface area contributed by atoms with Crippen LogP contribution >= 0.6 is 27.3 Å². The Morgan fingerprint density at radius 2 is 2.38 bits per heavy atom. The van der Waals surface area contributed by atoms with Gasteiger partial charge >= 0.3 is 0 Å². The molecule has 1 atom stereocenters. The third-order valence-electron chi connectivity index (χ3n) is 2.88. The third kappa shape index (κ3) is 2.84. The van der Waals surface area contributed by atoms with Crippen LogP contribution in [0.3, 0.4) is 0 Å². The van der Waals surface area contributed by atoms with E-state index in [9.17, 15) is 4.79 Å². The quantitative estimate of drug-likeness (QED) is 0.923. The molecule has 1 fully saturated rings. The Balaban J connectivity index is 1.84. The summed E-state index contributed by atoms with van der Waals surface area (Å²) in [5, 5.41) is 0. The second-order valence-corrected chi connectivity index (χ2v) is 6.65. The predicted molar refractivity (Wildman–Crippen MR) is 69.5 cm³/mol. The first kappa shape index (κ1) is 12.1. The molecule has 2 rings (SSSR count). The normalized spacial score (nSPS) is 20.8. The molecule has 1 aliphatic rings. The van der Waals surface area contributed by atoms with Gasteiger partial charge in [-0.1, -0.05) is 0 Å². The molecule has 1 unspecified atom stereocenters. The molecule has 16 heavy (non-hydrogen) atoms. The minimum Gasteiger partial charge on any atom is -0.342 e. The van der Waals surface area contributed by atoms with Gasteiger partial charge in [0, 0.05) is 24.4 Å². The highest BCUT2D eigenvalue weighted by molar-refractivity contribution is 9.11. The number of hydrogen-bond donors (Lipinski definition) is 1. The van der Waals surface area contributed by atoms with Crippen LogP contribution in [-0.2, 0) is 11.2 Å². The molecule has 0 aliphatic carbocycles. The highest BCUT2D eigenvalue weighted by Gasteiger charge is 2.27. The number of nitrogens with zero attached hydrogens (tertiary/aromatic N) is 1. The SMILES string of the molecule is NCC1CC(=O)N(CCc2ccc(Br)s2)C1. The maximum Gasteiger partial charge on any atom is 0.222 e. The van der Waals surface area contributed by atoms with Crippen LogP contribution in [0.25, 0.3) is 0 Å². The van der Waals surface area contributed by atoms with Gasteiger partial charge in [-0.05, 0) is 46.9 Å². The number of amides is 1. The topological polar surface area (TPSA) is 46.3 Å². The Bertz CT molecular complexity index is 380. The first-order valence-corrected chi connectivity index (χ1v) is 7.02. The van der Waals surface area contributed by atoms with E-state index in [0.29, 0.717) is 18.9 Å². The molecule has 0 bridgehead atoms. The zero-order chi connectivity index (χ0) is 11.5. The van der Waals surface area contributed by atoms with Crippen LogP contribution in [0.2, 0.25) is 0 Å². The molecular weight excluding hydrogens is 288 g/mol. The highest BCUT2D eigenvalue weighted by atomic mass is 79.9. The molecule has 5 heteroatoms. The Kier molecular flexibility index (Phi) is 4.00. The van der Waals surface area contributed by atoms with E-state index in [1.807, 2.05) is 4.90 Å². The number of halogens is 1. The van der Waals surface area contributed by atoms with Crippen molar-refractivity contribution in [2.24, 2.45) is 11.7 Å². The Labute approximate surface area is 108 Å². The largest absolute Gasteiger partial charge is 0.342 e. The van der Waals surface area contributed by atoms with Crippen molar-refractivity contribution in [2.45, 2.75) is 12.8 Å². The van der Waals surface area contributed by atoms with Crippen molar-refractivity contribution < 1.29 is 4.79 Å². The smallest absolute Gasteiger partial charge is 0.222 e. The number of likely N-dealkylation sites (tertiary alicyclic amines) is 1. The third-order valence-corrected chi connectivity index (χ3v) is 4.57. The van der Waals surface area contributed by atoms with Gasteiger partial charge in [0.1, 0.15) is 0 Å². The number of rotatable bonds is 4. The first-order valence-electron chi connectivity index (χ1n) is 5.41. The molecule has 2 heterocycles. The van der Waals surface area contributed by atoms with Crippen LogP contribution in [0.1, 0.15) is 11.3 Å². The average Bonchev–Trinajstić information content (AvgIpc) is 2.82. The summed E-state index contributed by atoms with van der Waals surface area (Å²) in [6, 6.07) is 4.16. The minimum atomic E-state index is 0.256. The van der Waals surface area contributed by atoms with E-state index in [0.717, 1.165) is 23.3 Å². The van der Waals surface area contributed by atoms with Crippen molar-refractivity contribution in [1.82, 2.24) is 4.90 Å². The van der Waals surface area contributed by atoms with E-state index >= 15 is 0 Å². The highest BCUT2D eigenvalue weighted by Crippen LogP contribution is 2.23. The summed E-state index contributed by atoms with van der Waals surface area (Å²) < 4.78 is 1.15. The van der Waals surface area contributed by atoms with E-state index in [-0.39, 0.29) is 5.91 Å². The fraction of sp³-hybridized carbons (Fsp3) is 0.545. The van der Waals surface area contributed by atoms with Gasteiger partial charge < -0.3 is 10.6 Å². The number of carbonyl (C=O) groups is 1. The van der Waals surface area contributed by atoms with Crippen molar-refractivity contribution in [3.05, 3.63) is 20.8 Å². The van der Waals surface area contributed by atoms with E-state index < -0.39 is 0 Å². The molecule has 1 aromatic rings. The zero-order valence-corrected chi connectivity index (χ0v) is 11.4. The van der Waals surface area contributed by atoms with Crippen LogP contribution in [0, 0.1) is 5.92 Å². The van der Waals surface area contributed by atoms with Gasteiger partial charge in [0.2, 0.25) is 5.91 Å². The summed E-state index contributed by atoms with van der Waals surface area (Å²) in [6.07, 6.45) is 1.57. The monoisotopic (exact) mass is 302 g/mol. The first-order chi connectivity index (χ1) is 7.69. The van der Waals surface area contributed by atoms with E-state index in [1.165, 1.54) is 4.88 Å². The summed E-state index contributed by atoms with van der Waals surface area (Å²) in [5.41, 5.74) is 5.59.